The van der Waals surface area contributed by atoms with E-state index in [-0.39, 0.29) is 23.6 Å². The van der Waals surface area contributed by atoms with E-state index in [9.17, 15) is 24.8 Å². The fraction of sp³-hybridized carbons (Fsp3) is 0.160. The van der Waals surface area contributed by atoms with Crippen molar-refractivity contribution in [2.45, 2.75) is 26.4 Å². The predicted octanol–water partition coefficient (Wildman–Crippen LogP) is 4.23. The maximum atomic E-state index is 13.1. The second-order valence-corrected chi connectivity index (χ2v) is 7.96. The number of hydrogen-bond acceptors (Lipinski definition) is 6. The maximum absolute atomic E-state index is 13.1. The molecule has 0 spiro atoms. The van der Waals surface area contributed by atoms with Crippen LogP contribution in [0, 0.1) is 24.0 Å². The summed E-state index contributed by atoms with van der Waals surface area (Å²) in [5.41, 5.74) is 3.12. The first kappa shape index (κ1) is 21.9. The minimum absolute atomic E-state index is 0.0496. The lowest BCUT2D eigenvalue weighted by Crippen LogP contribution is -2.29. The lowest BCUT2D eigenvalue weighted by molar-refractivity contribution is -0.384. The number of ketones is 1. The van der Waals surface area contributed by atoms with Crippen LogP contribution in [-0.4, -0.2) is 31.6 Å². The average Bonchev–Trinajstić information content (AvgIpc) is 3.06. The summed E-state index contributed by atoms with van der Waals surface area (Å²) >= 11 is 0. The van der Waals surface area contributed by atoms with Crippen molar-refractivity contribution < 1.29 is 19.6 Å². The van der Waals surface area contributed by atoms with Crippen LogP contribution in [0.3, 0.4) is 0 Å². The molecule has 8 heteroatoms. The molecule has 0 aliphatic carbocycles. The SMILES string of the molecule is Cc1ccc(C)c(C(O)=C2C(=O)C(=O)N(Cc3cccnc3)C2c2ccc([N+](=O)[O-])cc2)c1. The van der Waals surface area contributed by atoms with Crippen LogP contribution in [0.1, 0.15) is 33.9 Å². The van der Waals surface area contributed by atoms with Gasteiger partial charge in [-0.15, -0.1) is 0 Å². The molecule has 1 aliphatic heterocycles. The molecule has 1 aliphatic rings. The van der Waals surface area contributed by atoms with E-state index in [0.29, 0.717) is 16.7 Å². The molecule has 1 unspecified atom stereocenters. The van der Waals surface area contributed by atoms with Crippen molar-refractivity contribution in [3.8, 4) is 0 Å². The first-order chi connectivity index (χ1) is 15.8. The first-order valence-electron chi connectivity index (χ1n) is 10.3. The van der Waals surface area contributed by atoms with Crippen molar-refractivity contribution in [1.29, 1.82) is 0 Å². The summed E-state index contributed by atoms with van der Waals surface area (Å²) in [5, 5.41) is 22.3. The number of amides is 1. The van der Waals surface area contributed by atoms with Crippen LogP contribution in [0.2, 0.25) is 0 Å². The number of non-ortho nitro benzene ring substituents is 1. The van der Waals surface area contributed by atoms with E-state index in [1.54, 1.807) is 37.5 Å². The lowest BCUT2D eigenvalue weighted by Gasteiger charge is -2.25. The van der Waals surface area contributed by atoms with E-state index < -0.39 is 22.7 Å². The van der Waals surface area contributed by atoms with Gasteiger partial charge in [0.1, 0.15) is 5.76 Å². The maximum Gasteiger partial charge on any atom is 0.295 e. The van der Waals surface area contributed by atoms with Crippen molar-refractivity contribution in [2.24, 2.45) is 0 Å². The smallest absolute Gasteiger partial charge is 0.295 e. The molecule has 1 saturated heterocycles. The van der Waals surface area contributed by atoms with Gasteiger partial charge in [-0.25, -0.2) is 0 Å². The second-order valence-electron chi connectivity index (χ2n) is 7.96. The molecule has 1 amide bonds. The Bertz CT molecular complexity index is 1280. The van der Waals surface area contributed by atoms with Gasteiger partial charge in [-0.3, -0.25) is 24.7 Å². The second kappa shape index (κ2) is 8.66. The van der Waals surface area contributed by atoms with Gasteiger partial charge >= 0.3 is 0 Å². The molecule has 2 aromatic carbocycles. The summed E-state index contributed by atoms with van der Waals surface area (Å²) in [5.74, 6) is -1.83. The number of nitrogens with zero attached hydrogens (tertiary/aromatic N) is 3. The van der Waals surface area contributed by atoms with E-state index in [2.05, 4.69) is 4.98 Å². The van der Waals surface area contributed by atoms with Crippen LogP contribution in [0.5, 0.6) is 0 Å². The molecule has 2 heterocycles. The van der Waals surface area contributed by atoms with Crippen molar-refractivity contribution in [3.05, 3.63) is 110 Å². The highest BCUT2D eigenvalue weighted by Gasteiger charge is 2.46. The molecule has 8 nitrogen and oxygen atoms in total. The number of rotatable bonds is 5. The van der Waals surface area contributed by atoms with Crippen LogP contribution in [0.25, 0.3) is 5.76 Å². The number of benzene rings is 2. The highest BCUT2D eigenvalue weighted by Crippen LogP contribution is 2.41. The van der Waals surface area contributed by atoms with E-state index >= 15 is 0 Å². The zero-order valence-corrected chi connectivity index (χ0v) is 18.1. The molecule has 4 rings (SSSR count). The van der Waals surface area contributed by atoms with E-state index in [1.807, 2.05) is 19.1 Å². The quantitative estimate of drug-likeness (QED) is 0.208. The summed E-state index contributed by atoms with van der Waals surface area (Å²) in [4.78, 5) is 42.2. The minimum atomic E-state index is -0.911. The summed E-state index contributed by atoms with van der Waals surface area (Å²) in [7, 11) is 0. The third-order valence-corrected chi connectivity index (χ3v) is 5.68. The Hall–Kier alpha value is -4.33. The fourth-order valence-electron chi connectivity index (χ4n) is 3.99. The number of likely N-dealkylation sites (tertiary alicyclic amines) is 1. The normalized spacial score (nSPS) is 17.4. The molecule has 1 aromatic heterocycles. The van der Waals surface area contributed by atoms with Gasteiger partial charge in [0, 0.05) is 36.6 Å². The molecule has 0 bridgehead atoms. The zero-order chi connectivity index (χ0) is 23.7. The summed E-state index contributed by atoms with van der Waals surface area (Å²) < 4.78 is 0. The number of hydrogen-bond donors (Lipinski definition) is 1. The van der Waals surface area contributed by atoms with Crippen LogP contribution in [0.4, 0.5) is 5.69 Å². The van der Waals surface area contributed by atoms with Crippen molar-refractivity contribution in [3.63, 3.8) is 0 Å². The molecule has 3 aromatic rings. The third-order valence-electron chi connectivity index (χ3n) is 5.68. The summed E-state index contributed by atoms with van der Waals surface area (Å²) in [6, 6.07) is 13.7. The predicted molar refractivity (Wildman–Crippen MR) is 121 cm³/mol. The molecule has 0 saturated carbocycles. The summed E-state index contributed by atoms with van der Waals surface area (Å²) in [6.07, 6.45) is 3.20. The number of aliphatic hydroxyl groups excluding tert-OH is 1. The first-order valence-corrected chi connectivity index (χ1v) is 10.3. The highest BCUT2D eigenvalue weighted by molar-refractivity contribution is 6.46. The van der Waals surface area contributed by atoms with E-state index in [4.69, 9.17) is 0 Å². The molecule has 1 atom stereocenters. The van der Waals surface area contributed by atoms with Gasteiger partial charge in [-0.2, -0.15) is 0 Å². The number of nitro benzene ring substituents is 1. The Morgan fingerprint density at radius 3 is 2.48 bits per heavy atom. The Balaban J connectivity index is 1.89. The minimum Gasteiger partial charge on any atom is -0.507 e. The molecule has 1 fully saturated rings. The third kappa shape index (κ3) is 4.10. The number of aryl methyl sites for hydroxylation is 2. The van der Waals surface area contributed by atoms with Gasteiger partial charge in [0.25, 0.3) is 17.4 Å². The number of carbonyl (C=O) groups is 2. The topological polar surface area (TPSA) is 114 Å². The lowest BCUT2D eigenvalue weighted by atomic mass is 9.93. The van der Waals surface area contributed by atoms with Crippen molar-refractivity contribution >= 4 is 23.1 Å². The standard InChI is InChI=1S/C25H21N3O5/c1-15-5-6-16(2)20(12-15)23(29)21-22(18-7-9-19(10-8-18)28(32)33)27(25(31)24(21)30)14-17-4-3-11-26-13-17/h3-13,22,29H,14H2,1-2H3. The van der Waals surface area contributed by atoms with Gasteiger partial charge in [0.15, 0.2) is 0 Å². The van der Waals surface area contributed by atoms with Gasteiger partial charge in [-0.05, 0) is 54.8 Å². The van der Waals surface area contributed by atoms with Crippen LogP contribution < -0.4 is 0 Å². The van der Waals surface area contributed by atoms with Crippen LogP contribution >= 0.6 is 0 Å². The van der Waals surface area contributed by atoms with Crippen LogP contribution in [0.15, 0.2) is 72.6 Å². The van der Waals surface area contributed by atoms with E-state index in [1.165, 1.54) is 29.2 Å². The molecule has 166 valence electrons. The summed E-state index contributed by atoms with van der Waals surface area (Å²) in [6.45, 7) is 3.76. The number of pyridine rings is 1. The Labute approximate surface area is 190 Å². The fourth-order valence-corrected chi connectivity index (χ4v) is 3.99. The molecule has 1 N–H and O–H groups in total. The van der Waals surface area contributed by atoms with Crippen LogP contribution in [-0.2, 0) is 16.1 Å². The molecule has 0 radical (unpaired) electrons. The largest absolute Gasteiger partial charge is 0.507 e. The Kier molecular flexibility index (Phi) is 5.74. The monoisotopic (exact) mass is 443 g/mol. The highest BCUT2D eigenvalue weighted by atomic mass is 16.6. The van der Waals surface area contributed by atoms with Crippen molar-refractivity contribution in [1.82, 2.24) is 9.88 Å². The van der Waals surface area contributed by atoms with Gasteiger partial charge < -0.3 is 10.0 Å². The molecular weight excluding hydrogens is 422 g/mol. The number of carbonyl (C=O) groups excluding carboxylic acids is 2. The number of Topliss-reactive ketones (excluding diaryl/α,β-unsaturated/α-hetero) is 1. The van der Waals surface area contributed by atoms with E-state index in [0.717, 1.165) is 11.1 Å². The number of aromatic nitrogens is 1. The number of nitro groups is 1. The Morgan fingerprint density at radius 1 is 1.12 bits per heavy atom. The van der Waals surface area contributed by atoms with Gasteiger partial charge in [0.05, 0.1) is 16.5 Å². The Morgan fingerprint density at radius 2 is 1.85 bits per heavy atom. The molecular formula is C25H21N3O5. The van der Waals surface area contributed by atoms with Crippen molar-refractivity contribution in [2.75, 3.05) is 0 Å². The average molecular weight is 443 g/mol. The number of aliphatic hydroxyl groups is 1. The zero-order valence-electron chi connectivity index (χ0n) is 18.1. The molecule has 33 heavy (non-hydrogen) atoms. The van der Waals surface area contributed by atoms with Gasteiger partial charge in [0.2, 0.25) is 0 Å². The van der Waals surface area contributed by atoms with Gasteiger partial charge in [-0.1, -0.05) is 23.8 Å².